The number of ether oxygens (including phenoxy) is 2. The van der Waals surface area contributed by atoms with Gasteiger partial charge in [0.15, 0.2) is 0 Å². The number of para-hydroxylation sites is 1. The van der Waals surface area contributed by atoms with Crippen LogP contribution in [0.2, 0.25) is 0 Å². The van der Waals surface area contributed by atoms with E-state index < -0.39 is 6.04 Å². The molecule has 0 aromatic heterocycles. The van der Waals surface area contributed by atoms with Crippen LogP contribution in [-0.2, 0) is 4.79 Å². The molecule has 7 nitrogen and oxygen atoms in total. The predicted octanol–water partition coefficient (Wildman–Crippen LogP) is 3.31. The summed E-state index contributed by atoms with van der Waals surface area (Å²) in [6.45, 7) is 2.49. The standard InChI is InChI=1S/C24H26N4O3/c1-3-31-21-11-7-5-9-17(21)15-25-28-24(29)20-14-19(26-27-20)23-18-10-6-4-8-16(18)12-13-22(23)30-2/h4-13,15,19-20,26-27H,3,14H2,1-2H3,(H,28,29)/b25-15+. The summed E-state index contributed by atoms with van der Waals surface area (Å²) in [4.78, 5) is 12.7. The third kappa shape index (κ3) is 4.52. The zero-order valence-electron chi connectivity index (χ0n) is 17.6. The summed E-state index contributed by atoms with van der Waals surface area (Å²) in [5.41, 5.74) is 10.8. The number of nitrogens with zero attached hydrogens (tertiary/aromatic N) is 1. The molecule has 1 heterocycles. The first kappa shape index (κ1) is 20.8. The van der Waals surface area contributed by atoms with Crippen LogP contribution < -0.4 is 25.8 Å². The second kappa shape index (κ2) is 9.59. The molecule has 1 aliphatic heterocycles. The van der Waals surface area contributed by atoms with Crippen LogP contribution in [0.4, 0.5) is 0 Å². The molecule has 0 spiro atoms. The van der Waals surface area contributed by atoms with E-state index in [4.69, 9.17) is 9.47 Å². The van der Waals surface area contributed by atoms with Gasteiger partial charge in [-0.1, -0.05) is 42.5 Å². The third-order valence-corrected chi connectivity index (χ3v) is 5.32. The first-order valence-electron chi connectivity index (χ1n) is 10.3. The minimum absolute atomic E-state index is 0.0699. The van der Waals surface area contributed by atoms with Gasteiger partial charge in [-0.3, -0.25) is 4.79 Å². The number of nitrogens with one attached hydrogen (secondary N) is 3. The Labute approximate surface area is 181 Å². The zero-order valence-corrected chi connectivity index (χ0v) is 17.6. The van der Waals surface area contributed by atoms with Crippen LogP contribution in [0.5, 0.6) is 11.5 Å². The van der Waals surface area contributed by atoms with Gasteiger partial charge in [-0.05, 0) is 42.3 Å². The zero-order chi connectivity index (χ0) is 21.6. The average molecular weight is 418 g/mol. The van der Waals surface area contributed by atoms with Crippen molar-refractivity contribution in [3.63, 3.8) is 0 Å². The van der Waals surface area contributed by atoms with Crippen molar-refractivity contribution in [2.75, 3.05) is 13.7 Å². The lowest BCUT2D eigenvalue weighted by atomic mass is 9.95. The molecule has 3 aromatic rings. The Hall–Kier alpha value is -3.42. The number of fused-ring (bicyclic) bond motifs is 1. The van der Waals surface area contributed by atoms with Crippen molar-refractivity contribution < 1.29 is 14.3 Å². The summed E-state index contributed by atoms with van der Waals surface area (Å²) in [5.74, 6) is 1.32. The molecule has 7 heteroatoms. The lowest BCUT2D eigenvalue weighted by Gasteiger charge is -2.17. The summed E-state index contributed by atoms with van der Waals surface area (Å²) < 4.78 is 11.2. The fourth-order valence-electron chi connectivity index (χ4n) is 3.85. The first-order valence-corrected chi connectivity index (χ1v) is 10.3. The molecule has 0 radical (unpaired) electrons. The molecule has 0 aliphatic carbocycles. The summed E-state index contributed by atoms with van der Waals surface area (Å²) in [7, 11) is 1.66. The highest BCUT2D eigenvalue weighted by molar-refractivity contribution is 5.89. The van der Waals surface area contributed by atoms with E-state index >= 15 is 0 Å². The Morgan fingerprint density at radius 1 is 1.10 bits per heavy atom. The van der Waals surface area contributed by atoms with Gasteiger partial charge >= 0.3 is 0 Å². The van der Waals surface area contributed by atoms with Gasteiger partial charge in [0.05, 0.1) is 26.0 Å². The van der Waals surface area contributed by atoms with Gasteiger partial charge in [-0.15, -0.1) is 0 Å². The molecule has 2 unspecified atom stereocenters. The van der Waals surface area contributed by atoms with Gasteiger partial charge in [-0.25, -0.2) is 16.3 Å². The van der Waals surface area contributed by atoms with Crippen molar-refractivity contribution in [1.29, 1.82) is 0 Å². The molecule has 0 bridgehead atoms. The maximum atomic E-state index is 12.7. The lowest BCUT2D eigenvalue weighted by molar-refractivity contribution is -0.122. The normalized spacial score (nSPS) is 18.4. The summed E-state index contributed by atoms with van der Waals surface area (Å²) in [6, 6.07) is 19.2. The number of hydrogen-bond acceptors (Lipinski definition) is 6. The average Bonchev–Trinajstić information content (AvgIpc) is 3.29. The smallest absolute Gasteiger partial charge is 0.258 e. The van der Waals surface area contributed by atoms with E-state index in [2.05, 4.69) is 33.5 Å². The number of amides is 1. The lowest BCUT2D eigenvalue weighted by Crippen LogP contribution is -2.41. The van der Waals surface area contributed by atoms with Crippen molar-refractivity contribution in [3.8, 4) is 11.5 Å². The van der Waals surface area contributed by atoms with E-state index in [1.54, 1.807) is 13.3 Å². The summed E-state index contributed by atoms with van der Waals surface area (Å²) in [6.07, 6.45) is 2.16. The number of hydrogen-bond donors (Lipinski definition) is 3. The van der Waals surface area contributed by atoms with Gasteiger partial charge in [0.1, 0.15) is 17.5 Å². The monoisotopic (exact) mass is 418 g/mol. The van der Waals surface area contributed by atoms with Crippen molar-refractivity contribution in [2.24, 2.45) is 5.10 Å². The maximum Gasteiger partial charge on any atom is 0.258 e. The molecule has 1 fully saturated rings. The summed E-state index contributed by atoms with van der Waals surface area (Å²) in [5, 5.41) is 6.35. The molecule has 160 valence electrons. The van der Waals surface area contributed by atoms with Crippen molar-refractivity contribution >= 4 is 22.9 Å². The molecular formula is C24H26N4O3. The molecule has 3 aromatic carbocycles. The van der Waals surface area contributed by atoms with Crippen LogP contribution >= 0.6 is 0 Å². The molecule has 4 rings (SSSR count). The van der Waals surface area contributed by atoms with Crippen molar-refractivity contribution in [2.45, 2.75) is 25.4 Å². The van der Waals surface area contributed by atoms with Gasteiger partial charge < -0.3 is 9.47 Å². The van der Waals surface area contributed by atoms with Crippen LogP contribution in [0.15, 0.2) is 65.8 Å². The second-order valence-corrected chi connectivity index (χ2v) is 7.24. The molecule has 3 N–H and O–H groups in total. The number of methoxy groups -OCH3 is 1. The predicted molar refractivity (Wildman–Crippen MR) is 121 cm³/mol. The Morgan fingerprint density at radius 3 is 2.74 bits per heavy atom. The second-order valence-electron chi connectivity index (χ2n) is 7.24. The number of carbonyl (C=O) groups is 1. The largest absolute Gasteiger partial charge is 0.496 e. The first-order chi connectivity index (χ1) is 15.2. The van der Waals surface area contributed by atoms with Gasteiger partial charge in [0.2, 0.25) is 0 Å². The summed E-state index contributed by atoms with van der Waals surface area (Å²) >= 11 is 0. The third-order valence-electron chi connectivity index (χ3n) is 5.32. The molecule has 0 saturated carbocycles. The number of hydrazine groups is 1. The van der Waals surface area contributed by atoms with Gasteiger partial charge in [0, 0.05) is 11.1 Å². The quantitative estimate of drug-likeness (QED) is 0.405. The number of benzene rings is 3. The number of rotatable bonds is 7. The van der Waals surface area contributed by atoms with Crippen LogP contribution in [0, 0.1) is 0 Å². The highest BCUT2D eigenvalue weighted by atomic mass is 16.5. The molecule has 1 amide bonds. The highest BCUT2D eigenvalue weighted by Gasteiger charge is 2.32. The van der Waals surface area contributed by atoms with Crippen LogP contribution in [0.25, 0.3) is 10.8 Å². The Balaban J connectivity index is 1.45. The number of carbonyl (C=O) groups excluding carboxylic acids is 1. The van der Waals surface area contributed by atoms with Crippen molar-refractivity contribution in [1.82, 2.24) is 16.3 Å². The van der Waals surface area contributed by atoms with E-state index in [-0.39, 0.29) is 11.9 Å². The molecule has 31 heavy (non-hydrogen) atoms. The van der Waals surface area contributed by atoms with Crippen LogP contribution in [0.3, 0.4) is 0 Å². The highest BCUT2D eigenvalue weighted by Crippen LogP contribution is 2.36. The Kier molecular flexibility index (Phi) is 6.45. The van der Waals surface area contributed by atoms with Crippen LogP contribution in [0.1, 0.15) is 30.5 Å². The minimum atomic E-state index is -0.423. The Morgan fingerprint density at radius 2 is 1.90 bits per heavy atom. The molecule has 1 saturated heterocycles. The molecule has 2 atom stereocenters. The maximum absolute atomic E-state index is 12.7. The molecule has 1 aliphatic rings. The molecular weight excluding hydrogens is 392 g/mol. The van der Waals surface area contributed by atoms with Crippen LogP contribution in [-0.4, -0.2) is 31.9 Å². The van der Waals surface area contributed by atoms with Crippen molar-refractivity contribution in [3.05, 3.63) is 71.8 Å². The van der Waals surface area contributed by atoms with E-state index in [1.807, 2.05) is 55.5 Å². The van der Waals surface area contributed by atoms with E-state index in [1.165, 1.54) is 0 Å². The topological polar surface area (TPSA) is 84.0 Å². The van der Waals surface area contributed by atoms with E-state index in [0.717, 1.165) is 33.4 Å². The van der Waals surface area contributed by atoms with E-state index in [9.17, 15) is 4.79 Å². The minimum Gasteiger partial charge on any atom is -0.496 e. The fourth-order valence-corrected chi connectivity index (χ4v) is 3.85. The Bertz CT molecular complexity index is 1100. The van der Waals surface area contributed by atoms with Gasteiger partial charge in [-0.2, -0.15) is 5.10 Å². The number of hydrazone groups is 1. The van der Waals surface area contributed by atoms with Gasteiger partial charge in [0.25, 0.3) is 5.91 Å². The fraction of sp³-hybridized carbons (Fsp3) is 0.250. The van der Waals surface area contributed by atoms with E-state index in [0.29, 0.717) is 13.0 Å². The SMILES string of the molecule is CCOc1ccccc1/C=N/NC(=O)C1CC(c2c(OC)ccc3ccccc23)NN1.